The van der Waals surface area contributed by atoms with Gasteiger partial charge in [0.2, 0.25) is 5.88 Å². The van der Waals surface area contributed by atoms with E-state index in [-0.39, 0.29) is 23.0 Å². The highest BCUT2D eigenvalue weighted by Crippen LogP contribution is 2.39. The molecule has 3 heterocycles. The Morgan fingerprint density at radius 3 is 2.42 bits per heavy atom. The van der Waals surface area contributed by atoms with Gasteiger partial charge in [0, 0.05) is 38.1 Å². The number of hydrogen-bond donors (Lipinski definition) is 0. The van der Waals surface area contributed by atoms with Gasteiger partial charge in [0.25, 0.3) is 11.8 Å². The van der Waals surface area contributed by atoms with Crippen LogP contribution < -0.4 is 14.4 Å². The molecular weight excluding hydrogens is 458 g/mol. The average molecular weight is 483 g/mol. The maximum Gasteiger partial charge on any atom is 0.278 e. The number of carbonyl (C=O) groups excluding carboxylic acids is 1. The molecule has 1 saturated carbocycles. The van der Waals surface area contributed by atoms with Crippen molar-refractivity contribution in [2.75, 3.05) is 24.3 Å². The summed E-state index contributed by atoms with van der Waals surface area (Å²) in [5.41, 5.74) is 0.538. The molecule has 1 aliphatic heterocycles. The lowest BCUT2D eigenvalue weighted by molar-refractivity contribution is -0.122. The third-order valence-electron chi connectivity index (χ3n) is 5.65. The Kier molecular flexibility index (Phi) is 6.21. The molecule has 1 aliphatic carbocycles. The maximum absolute atomic E-state index is 12.9. The topological polar surface area (TPSA) is 112 Å². The van der Waals surface area contributed by atoms with Crippen LogP contribution in [0.2, 0.25) is 0 Å². The molecule has 33 heavy (non-hydrogen) atoms. The van der Waals surface area contributed by atoms with Crippen molar-refractivity contribution in [3.05, 3.63) is 36.5 Å². The van der Waals surface area contributed by atoms with E-state index in [1.54, 1.807) is 12.4 Å². The summed E-state index contributed by atoms with van der Waals surface area (Å²) in [6, 6.07) is 2.91. The molecule has 9 nitrogen and oxygen atoms in total. The van der Waals surface area contributed by atoms with Gasteiger partial charge < -0.3 is 14.4 Å². The number of alkyl halides is 2. The Bertz CT molecular complexity index is 1100. The number of pyridine rings is 1. The predicted molar refractivity (Wildman–Crippen MR) is 114 cm³/mol. The van der Waals surface area contributed by atoms with Gasteiger partial charge in [-0.25, -0.2) is 32.2 Å². The molecule has 1 amide bonds. The maximum atomic E-state index is 12.9. The fourth-order valence-electron chi connectivity index (χ4n) is 3.71. The first-order valence-corrected chi connectivity index (χ1v) is 12.4. The number of rotatable bonds is 8. The average Bonchev–Trinajstić information content (AvgIpc) is 3.05. The molecule has 2 aromatic rings. The highest BCUT2D eigenvalue weighted by atomic mass is 32.2. The smallest absolute Gasteiger partial charge is 0.278 e. The fourth-order valence-corrected chi connectivity index (χ4v) is 4.88. The lowest BCUT2D eigenvalue weighted by atomic mass is 9.84. The first-order chi connectivity index (χ1) is 15.5. The van der Waals surface area contributed by atoms with Crippen LogP contribution in [-0.2, 0) is 14.6 Å². The van der Waals surface area contributed by atoms with Crippen LogP contribution in [0.3, 0.4) is 0 Å². The molecular formula is C21H24F2N4O5S. The van der Waals surface area contributed by atoms with Crippen molar-refractivity contribution in [2.45, 2.75) is 49.4 Å². The summed E-state index contributed by atoms with van der Waals surface area (Å²) in [6.07, 6.45) is 6.42. The molecule has 2 fully saturated rings. The normalized spacial score (nSPS) is 23.3. The van der Waals surface area contributed by atoms with Crippen molar-refractivity contribution in [3.63, 3.8) is 0 Å². The van der Waals surface area contributed by atoms with Crippen LogP contribution in [0.15, 0.2) is 30.7 Å². The van der Waals surface area contributed by atoms with Gasteiger partial charge in [-0.3, -0.25) is 4.79 Å². The fraction of sp³-hybridized carbons (Fsp3) is 0.524. The second-order valence-corrected chi connectivity index (χ2v) is 10.8. The number of carbonyl (C=O) groups is 1. The molecule has 1 atom stereocenters. The van der Waals surface area contributed by atoms with Crippen LogP contribution in [-0.4, -0.2) is 66.0 Å². The van der Waals surface area contributed by atoms with Crippen molar-refractivity contribution in [3.8, 4) is 11.6 Å². The SMILES string of the molecule is CC(F)(F)COc1ccc(O[C@H]2CCN(c3cnc(C4CC(S(C)(=O)=O)C4)nc3)C2=O)cn1. The van der Waals surface area contributed by atoms with Crippen LogP contribution in [0.5, 0.6) is 11.6 Å². The van der Waals surface area contributed by atoms with E-state index >= 15 is 0 Å². The van der Waals surface area contributed by atoms with Crippen LogP contribution >= 0.6 is 0 Å². The predicted octanol–water partition coefficient (Wildman–Crippen LogP) is 2.38. The Labute approximate surface area is 190 Å². The third kappa shape index (κ3) is 5.55. The third-order valence-corrected chi connectivity index (χ3v) is 7.25. The van der Waals surface area contributed by atoms with Crippen molar-refractivity contribution < 1.29 is 31.5 Å². The van der Waals surface area contributed by atoms with Gasteiger partial charge in [-0.1, -0.05) is 0 Å². The van der Waals surface area contributed by atoms with Gasteiger partial charge in [-0.2, -0.15) is 0 Å². The summed E-state index contributed by atoms with van der Waals surface area (Å²) in [7, 11) is -3.04. The lowest BCUT2D eigenvalue weighted by Crippen LogP contribution is -2.35. The van der Waals surface area contributed by atoms with Gasteiger partial charge in [-0.15, -0.1) is 0 Å². The highest BCUT2D eigenvalue weighted by molar-refractivity contribution is 7.91. The molecule has 4 rings (SSSR count). The molecule has 12 heteroatoms. The molecule has 0 N–H and O–H groups in total. The summed E-state index contributed by atoms with van der Waals surface area (Å²) in [5, 5.41) is -0.341. The monoisotopic (exact) mass is 482 g/mol. The van der Waals surface area contributed by atoms with Crippen molar-refractivity contribution >= 4 is 21.4 Å². The van der Waals surface area contributed by atoms with E-state index in [1.165, 1.54) is 29.5 Å². The largest absolute Gasteiger partial charge is 0.479 e. The van der Waals surface area contributed by atoms with Crippen LogP contribution in [0, 0.1) is 0 Å². The Balaban J connectivity index is 1.32. The zero-order valence-corrected chi connectivity index (χ0v) is 19.0. The Hall–Kier alpha value is -2.89. The molecule has 0 aromatic carbocycles. The number of sulfone groups is 1. The highest BCUT2D eigenvalue weighted by Gasteiger charge is 2.39. The van der Waals surface area contributed by atoms with Gasteiger partial charge in [0.15, 0.2) is 12.7 Å². The Morgan fingerprint density at radius 1 is 1.15 bits per heavy atom. The molecule has 178 valence electrons. The van der Waals surface area contributed by atoms with Crippen molar-refractivity contribution in [1.29, 1.82) is 0 Å². The standard InChI is InChI=1S/C21H24F2N4O5S/c1-21(22,23)12-31-18-4-3-15(11-24-18)32-17-5-6-27(20(17)28)14-9-25-19(26-10-14)13-7-16(8-13)33(2,29)30/h3-4,9-11,13,16-17H,5-8,12H2,1-2H3/t13?,16?,17-/m0/s1. The first-order valence-electron chi connectivity index (χ1n) is 10.4. The summed E-state index contributed by atoms with van der Waals surface area (Å²) in [4.78, 5) is 26.9. The van der Waals surface area contributed by atoms with Crippen molar-refractivity contribution in [2.24, 2.45) is 0 Å². The minimum absolute atomic E-state index is 0.00661. The lowest BCUT2D eigenvalue weighted by Gasteiger charge is -2.32. The molecule has 1 saturated heterocycles. The number of anilines is 1. The van der Waals surface area contributed by atoms with Crippen LogP contribution in [0.25, 0.3) is 0 Å². The quantitative estimate of drug-likeness (QED) is 0.564. The second kappa shape index (κ2) is 8.81. The van der Waals surface area contributed by atoms with E-state index in [9.17, 15) is 22.0 Å². The number of aromatic nitrogens is 3. The zero-order chi connectivity index (χ0) is 23.8. The van der Waals surface area contributed by atoms with E-state index in [4.69, 9.17) is 9.47 Å². The van der Waals surface area contributed by atoms with E-state index in [1.807, 2.05) is 0 Å². The van der Waals surface area contributed by atoms with Gasteiger partial charge >= 0.3 is 0 Å². The number of ether oxygens (including phenoxy) is 2. The minimum Gasteiger partial charge on any atom is -0.479 e. The molecule has 2 aliphatic rings. The molecule has 0 unspecified atom stereocenters. The zero-order valence-electron chi connectivity index (χ0n) is 18.1. The number of amides is 1. The summed E-state index contributed by atoms with van der Waals surface area (Å²) in [6.45, 7) is 0.393. The van der Waals surface area contributed by atoms with Gasteiger partial charge in [0.05, 0.1) is 29.5 Å². The number of nitrogens with zero attached hydrogens (tertiary/aromatic N) is 4. The Morgan fingerprint density at radius 2 is 1.85 bits per heavy atom. The molecule has 0 bridgehead atoms. The van der Waals surface area contributed by atoms with Gasteiger partial charge in [-0.05, 0) is 18.9 Å². The van der Waals surface area contributed by atoms with Crippen molar-refractivity contribution in [1.82, 2.24) is 15.0 Å². The number of halogens is 2. The summed E-state index contributed by atoms with van der Waals surface area (Å²) < 4.78 is 59.5. The minimum atomic E-state index is -3.04. The summed E-state index contributed by atoms with van der Waals surface area (Å²) >= 11 is 0. The molecule has 0 spiro atoms. The first kappa shape index (κ1) is 23.3. The molecule has 2 aromatic heterocycles. The van der Waals surface area contributed by atoms with E-state index in [0.717, 1.165) is 6.92 Å². The van der Waals surface area contributed by atoms with E-state index in [0.29, 0.717) is 43.1 Å². The molecule has 0 radical (unpaired) electrons. The van der Waals surface area contributed by atoms with Crippen LogP contribution in [0.4, 0.5) is 14.5 Å². The van der Waals surface area contributed by atoms with Crippen LogP contribution in [0.1, 0.15) is 37.9 Å². The second-order valence-electron chi connectivity index (χ2n) is 8.50. The van der Waals surface area contributed by atoms with E-state index < -0.39 is 28.5 Å². The van der Waals surface area contributed by atoms with Gasteiger partial charge in [0.1, 0.15) is 21.4 Å². The number of hydrogen-bond acceptors (Lipinski definition) is 8. The van der Waals surface area contributed by atoms with E-state index in [2.05, 4.69) is 15.0 Å². The summed E-state index contributed by atoms with van der Waals surface area (Å²) in [5.74, 6) is -2.27.